The number of esters is 1. The quantitative estimate of drug-likeness (QED) is 0.469. The van der Waals surface area contributed by atoms with Crippen molar-refractivity contribution in [2.24, 2.45) is 0 Å². The van der Waals surface area contributed by atoms with Crippen molar-refractivity contribution >= 4 is 17.4 Å². The van der Waals surface area contributed by atoms with Gasteiger partial charge >= 0.3 is 5.97 Å². The lowest BCUT2D eigenvalue weighted by Gasteiger charge is -2.06. The number of benzene rings is 1. The van der Waals surface area contributed by atoms with Crippen LogP contribution >= 0.6 is 0 Å². The first-order valence-electron chi connectivity index (χ1n) is 5.66. The number of methoxy groups -OCH3 is 1. The summed E-state index contributed by atoms with van der Waals surface area (Å²) in [6.07, 6.45) is -0.0488. The number of ketones is 1. The zero-order valence-electron chi connectivity index (χ0n) is 10.6. The topological polar surface area (TPSA) is 78.6 Å². The number of carbonyl (C=O) groups is 2. The highest BCUT2D eigenvalue weighted by Crippen LogP contribution is 2.22. The van der Waals surface area contributed by atoms with E-state index in [9.17, 15) is 9.59 Å². The standard InChI is InChI=1S/C13H17NO4/c1-3-18-13(16)8-10(15)6-9-4-5-12(17-2)11(14)7-9/h4-5,7H,3,6,8,14H2,1-2H3. The first-order valence-corrected chi connectivity index (χ1v) is 5.66. The van der Waals surface area contributed by atoms with E-state index in [0.29, 0.717) is 11.4 Å². The molecule has 0 atom stereocenters. The fraction of sp³-hybridized carbons (Fsp3) is 0.385. The molecule has 2 N–H and O–H groups in total. The first kappa shape index (κ1) is 14.0. The fourth-order valence-corrected chi connectivity index (χ4v) is 1.56. The molecule has 0 aromatic heterocycles. The van der Waals surface area contributed by atoms with Crippen LogP contribution in [0.4, 0.5) is 5.69 Å². The van der Waals surface area contributed by atoms with E-state index < -0.39 is 5.97 Å². The summed E-state index contributed by atoms with van der Waals surface area (Å²) in [7, 11) is 1.53. The molecular formula is C13H17NO4. The molecule has 0 radical (unpaired) electrons. The number of ether oxygens (including phenoxy) is 2. The summed E-state index contributed by atoms with van der Waals surface area (Å²) in [6.45, 7) is 1.98. The van der Waals surface area contributed by atoms with Crippen molar-refractivity contribution in [3.63, 3.8) is 0 Å². The molecule has 0 saturated heterocycles. The maximum atomic E-state index is 11.6. The second-order valence-electron chi connectivity index (χ2n) is 3.77. The van der Waals surface area contributed by atoms with Crippen LogP contribution in [-0.4, -0.2) is 25.5 Å². The highest BCUT2D eigenvalue weighted by molar-refractivity contribution is 5.96. The van der Waals surface area contributed by atoms with Crippen LogP contribution in [0.2, 0.25) is 0 Å². The monoisotopic (exact) mass is 251 g/mol. The van der Waals surface area contributed by atoms with Gasteiger partial charge in [0.1, 0.15) is 18.0 Å². The van der Waals surface area contributed by atoms with Crippen molar-refractivity contribution in [2.45, 2.75) is 19.8 Å². The van der Waals surface area contributed by atoms with Gasteiger partial charge < -0.3 is 15.2 Å². The summed E-state index contributed by atoms with van der Waals surface area (Å²) in [5.41, 5.74) is 6.95. The van der Waals surface area contributed by atoms with Crippen molar-refractivity contribution in [3.8, 4) is 5.75 Å². The molecule has 5 nitrogen and oxygen atoms in total. The smallest absolute Gasteiger partial charge is 0.313 e. The van der Waals surface area contributed by atoms with Gasteiger partial charge in [-0.3, -0.25) is 9.59 Å². The Morgan fingerprint density at radius 2 is 2.06 bits per heavy atom. The Morgan fingerprint density at radius 3 is 2.61 bits per heavy atom. The molecule has 1 aromatic rings. The van der Waals surface area contributed by atoms with Crippen molar-refractivity contribution in [2.75, 3.05) is 19.5 Å². The summed E-state index contributed by atoms with van der Waals surface area (Å²) in [4.78, 5) is 22.7. The van der Waals surface area contributed by atoms with Gasteiger partial charge in [0.2, 0.25) is 0 Å². The summed E-state index contributed by atoms with van der Waals surface area (Å²) in [5, 5.41) is 0. The van der Waals surface area contributed by atoms with Crippen LogP contribution in [0.1, 0.15) is 18.9 Å². The molecular weight excluding hydrogens is 234 g/mol. The second-order valence-corrected chi connectivity index (χ2v) is 3.77. The van der Waals surface area contributed by atoms with Gasteiger partial charge in [-0.05, 0) is 24.6 Å². The van der Waals surface area contributed by atoms with E-state index in [1.165, 1.54) is 7.11 Å². The van der Waals surface area contributed by atoms with E-state index in [-0.39, 0.29) is 25.2 Å². The molecule has 0 spiro atoms. The summed E-state index contributed by atoms with van der Waals surface area (Å²) >= 11 is 0. The Bertz CT molecular complexity index is 443. The molecule has 0 aliphatic rings. The van der Waals surface area contributed by atoms with Gasteiger partial charge in [-0.25, -0.2) is 0 Å². The third-order valence-electron chi connectivity index (χ3n) is 2.34. The molecule has 5 heteroatoms. The first-order chi connectivity index (χ1) is 8.56. The van der Waals surface area contributed by atoms with Gasteiger partial charge in [0.05, 0.1) is 19.4 Å². The molecule has 98 valence electrons. The Balaban J connectivity index is 2.59. The van der Waals surface area contributed by atoms with Gasteiger partial charge in [0.25, 0.3) is 0 Å². The second kappa shape index (κ2) is 6.64. The van der Waals surface area contributed by atoms with Crippen LogP contribution in [0.15, 0.2) is 18.2 Å². The van der Waals surface area contributed by atoms with Crippen molar-refractivity contribution < 1.29 is 19.1 Å². The van der Waals surface area contributed by atoms with E-state index in [2.05, 4.69) is 0 Å². The minimum atomic E-state index is -0.496. The van der Waals surface area contributed by atoms with Crippen molar-refractivity contribution in [1.29, 1.82) is 0 Å². The Hall–Kier alpha value is -2.04. The average Bonchev–Trinajstić information content (AvgIpc) is 2.29. The Morgan fingerprint density at radius 1 is 1.33 bits per heavy atom. The fourth-order valence-electron chi connectivity index (χ4n) is 1.56. The third kappa shape index (κ3) is 4.08. The van der Waals surface area contributed by atoms with Gasteiger partial charge in [0, 0.05) is 6.42 Å². The third-order valence-corrected chi connectivity index (χ3v) is 2.34. The molecule has 0 fully saturated rings. The number of nitrogen functional groups attached to an aromatic ring is 1. The molecule has 1 aromatic carbocycles. The molecule has 18 heavy (non-hydrogen) atoms. The van der Waals surface area contributed by atoms with E-state index in [1.54, 1.807) is 25.1 Å². The van der Waals surface area contributed by atoms with Crippen LogP contribution in [0.3, 0.4) is 0 Å². The number of hydrogen-bond donors (Lipinski definition) is 1. The van der Waals surface area contributed by atoms with E-state index in [0.717, 1.165) is 5.56 Å². The zero-order valence-corrected chi connectivity index (χ0v) is 10.6. The predicted molar refractivity (Wildman–Crippen MR) is 67.4 cm³/mol. The van der Waals surface area contributed by atoms with Crippen LogP contribution < -0.4 is 10.5 Å². The number of rotatable bonds is 6. The number of anilines is 1. The lowest BCUT2D eigenvalue weighted by molar-refractivity contribution is -0.145. The molecule has 0 aliphatic heterocycles. The Labute approximate surface area is 106 Å². The number of Topliss-reactive ketones (excluding diaryl/α,β-unsaturated/α-hetero) is 1. The summed E-state index contributed by atoms with van der Waals surface area (Å²) < 4.78 is 9.72. The molecule has 0 saturated carbocycles. The van der Waals surface area contributed by atoms with Gasteiger partial charge in [0.15, 0.2) is 0 Å². The van der Waals surface area contributed by atoms with Crippen LogP contribution in [0.25, 0.3) is 0 Å². The normalized spacial score (nSPS) is 9.89. The number of nitrogens with two attached hydrogens (primary N) is 1. The molecule has 0 aliphatic carbocycles. The molecule has 0 heterocycles. The van der Waals surface area contributed by atoms with Crippen LogP contribution in [0.5, 0.6) is 5.75 Å². The van der Waals surface area contributed by atoms with E-state index >= 15 is 0 Å². The highest BCUT2D eigenvalue weighted by Gasteiger charge is 2.11. The van der Waals surface area contributed by atoms with E-state index in [1.807, 2.05) is 0 Å². The van der Waals surface area contributed by atoms with Crippen LogP contribution in [-0.2, 0) is 20.7 Å². The average molecular weight is 251 g/mol. The van der Waals surface area contributed by atoms with Crippen molar-refractivity contribution in [3.05, 3.63) is 23.8 Å². The van der Waals surface area contributed by atoms with E-state index in [4.69, 9.17) is 15.2 Å². The van der Waals surface area contributed by atoms with Gasteiger partial charge in [-0.1, -0.05) is 6.07 Å². The molecule has 1 rings (SSSR count). The number of carbonyl (C=O) groups excluding carboxylic acids is 2. The predicted octanol–water partition coefficient (Wildman–Crippen LogP) is 1.34. The van der Waals surface area contributed by atoms with Gasteiger partial charge in [-0.2, -0.15) is 0 Å². The van der Waals surface area contributed by atoms with Crippen molar-refractivity contribution in [1.82, 2.24) is 0 Å². The SMILES string of the molecule is CCOC(=O)CC(=O)Cc1ccc(OC)c(N)c1. The Kier molecular flexibility index (Phi) is 5.17. The number of hydrogen-bond acceptors (Lipinski definition) is 5. The molecule has 0 amide bonds. The zero-order chi connectivity index (χ0) is 13.5. The minimum absolute atomic E-state index is 0.160. The summed E-state index contributed by atoms with van der Waals surface area (Å²) in [5.74, 6) is -0.126. The maximum Gasteiger partial charge on any atom is 0.313 e. The molecule has 0 unspecified atom stereocenters. The summed E-state index contributed by atoms with van der Waals surface area (Å²) in [6, 6.07) is 5.11. The van der Waals surface area contributed by atoms with Crippen LogP contribution in [0, 0.1) is 0 Å². The largest absolute Gasteiger partial charge is 0.495 e. The minimum Gasteiger partial charge on any atom is -0.495 e. The maximum absolute atomic E-state index is 11.6. The van der Waals surface area contributed by atoms with Gasteiger partial charge in [-0.15, -0.1) is 0 Å². The lowest BCUT2D eigenvalue weighted by Crippen LogP contribution is -2.13. The highest BCUT2D eigenvalue weighted by atomic mass is 16.5. The lowest BCUT2D eigenvalue weighted by atomic mass is 10.1. The molecule has 0 bridgehead atoms.